The summed E-state index contributed by atoms with van der Waals surface area (Å²) in [4.78, 5) is 21.5. The Hall–Kier alpha value is -2.28. The molecular weight excluding hydrogens is 406 g/mol. The van der Waals surface area contributed by atoms with E-state index in [9.17, 15) is 4.79 Å². The average Bonchev–Trinajstić information content (AvgIpc) is 3.17. The molecule has 1 aliphatic heterocycles. The summed E-state index contributed by atoms with van der Waals surface area (Å²) in [6.45, 7) is 7.08. The highest BCUT2D eigenvalue weighted by molar-refractivity contribution is 9.10. The maximum Gasteiger partial charge on any atom is 0.317 e. The molecule has 6 nitrogen and oxygen atoms in total. The van der Waals surface area contributed by atoms with Gasteiger partial charge in [-0.1, -0.05) is 22.9 Å². The van der Waals surface area contributed by atoms with Crippen molar-refractivity contribution in [3.63, 3.8) is 0 Å². The van der Waals surface area contributed by atoms with Crippen LogP contribution in [0.2, 0.25) is 0 Å². The van der Waals surface area contributed by atoms with Crippen LogP contribution >= 0.6 is 15.9 Å². The van der Waals surface area contributed by atoms with Gasteiger partial charge in [-0.2, -0.15) is 0 Å². The van der Waals surface area contributed by atoms with E-state index >= 15 is 0 Å². The van der Waals surface area contributed by atoms with Crippen LogP contribution in [0.1, 0.15) is 20.3 Å². The molecule has 7 heteroatoms. The number of piperazine rings is 1. The van der Waals surface area contributed by atoms with Gasteiger partial charge >= 0.3 is 6.03 Å². The van der Waals surface area contributed by atoms with E-state index in [1.807, 2.05) is 24.0 Å². The van der Waals surface area contributed by atoms with Gasteiger partial charge in [-0.25, -0.2) is 9.78 Å². The minimum Gasteiger partial charge on any atom is -0.351 e. The Bertz CT molecular complexity index is 977. The highest BCUT2D eigenvalue weighted by atomic mass is 79.9. The van der Waals surface area contributed by atoms with Crippen molar-refractivity contribution in [2.24, 2.45) is 0 Å². The number of aromatic nitrogens is 2. The fraction of sp³-hybridized carbons (Fsp3) is 0.400. The van der Waals surface area contributed by atoms with Gasteiger partial charge < -0.3 is 19.5 Å². The summed E-state index contributed by atoms with van der Waals surface area (Å²) >= 11 is 3.54. The normalized spacial score (nSPS) is 16.1. The lowest BCUT2D eigenvalue weighted by Crippen LogP contribution is -2.53. The summed E-state index contributed by atoms with van der Waals surface area (Å²) in [5, 5.41) is 3.05. The number of nitrogens with one attached hydrogen (secondary N) is 1. The Morgan fingerprint density at radius 1 is 1.22 bits per heavy atom. The molecule has 1 aliphatic rings. The van der Waals surface area contributed by atoms with Gasteiger partial charge in [0.1, 0.15) is 0 Å². The zero-order valence-electron chi connectivity index (χ0n) is 15.7. The van der Waals surface area contributed by atoms with Crippen LogP contribution in [0.3, 0.4) is 0 Å². The van der Waals surface area contributed by atoms with Crippen LogP contribution < -0.4 is 10.2 Å². The van der Waals surface area contributed by atoms with Gasteiger partial charge in [0.2, 0.25) is 0 Å². The second kappa shape index (κ2) is 7.38. The smallest absolute Gasteiger partial charge is 0.317 e. The largest absolute Gasteiger partial charge is 0.351 e. The van der Waals surface area contributed by atoms with Crippen LogP contribution in [0.25, 0.3) is 16.6 Å². The topological polar surface area (TPSA) is 52.9 Å². The van der Waals surface area contributed by atoms with Crippen LogP contribution in [0.5, 0.6) is 0 Å². The van der Waals surface area contributed by atoms with E-state index in [4.69, 9.17) is 4.98 Å². The number of halogens is 1. The zero-order valence-corrected chi connectivity index (χ0v) is 17.2. The van der Waals surface area contributed by atoms with Crippen LogP contribution in [-0.2, 0) is 0 Å². The highest BCUT2D eigenvalue weighted by Crippen LogP contribution is 2.27. The van der Waals surface area contributed by atoms with Crippen LogP contribution in [-0.4, -0.2) is 52.5 Å². The van der Waals surface area contributed by atoms with E-state index in [1.165, 1.54) is 0 Å². The number of benzene rings is 1. The molecule has 1 aromatic carbocycles. The van der Waals surface area contributed by atoms with Crippen molar-refractivity contribution >= 4 is 44.3 Å². The summed E-state index contributed by atoms with van der Waals surface area (Å²) < 4.78 is 3.21. The molecule has 2 aromatic heterocycles. The first-order valence-corrected chi connectivity index (χ1v) is 10.2. The number of fused-ring (bicyclic) bond motifs is 3. The van der Waals surface area contributed by atoms with E-state index in [-0.39, 0.29) is 12.1 Å². The molecule has 1 atom stereocenters. The summed E-state index contributed by atoms with van der Waals surface area (Å²) in [6, 6.07) is 10.6. The Morgan fingerprint density at radius 3 is 2.74 bits per heavy atom. The Morgan fingerprint density at radius 2 is 2.00 bits per heavy atom. The van der Waals surface area contributed by atoms with E-state index in [1.54, 1.807) is 0 Å². The fourth-order valence-corrected chi connectivity index (χ4v) is 3.84. The molecule has 0 aliphatic carbocycles. The lowest BCUT2D eigenvalue weighted by atomic mass is 10.2. The van der Waals surface area contributed by atoms with Gasteiger partial charge in [0, 0.05) is 42.9 Å². The van der Waals surface area contributed by atoms with E-state index in [0.717, 1.165) is 46.4 Å². The van der Waals surface area contributed by atoms with Crippen molar-refractivity contribution in [3.05, 3.63) is 41.0 Å². The minimum absolute atomic E-state index is 0.0345. The van der Waals surface area contributed by atoms with Gasteiger partial charge in [0.05, 0.1) is 16.6 Å². The van der Waals surface area contributed by atoms with Crippen molar-refractivity contribution < 1.29 is 4.79 Å². The molecule has 1 N–H and O–H groups in total. The molecule has 1 fully saturated rings. The van der Waals surface area contributed by atoms with Gasteiger partial charge in [-0.15, -0.1) is 0 Å². The molecule has 142 valence electrons. The molecule has 0 saturated carbocycles. The molecule has 0 bridgehead atoms. The first kappa shape index (κ1) is 18.1. The molecule has 1 unspecified atom stereocenters. The van der Waals surface area contributed by atoms with Gasteiger partial charge in [0.25, 0.3) is 0 Å². The molecule has 4 rings (SSSR count). The van der Waals surface area contributed by atoms with E-state index in [0.29, 0.717) is 13.1 Å². The standard InChI is InChI=1S/C20H24BrN5O/c1-3-14(2)22-20(27)25-11-9-24(10-12-25)19-18-5-4-8-26(18)17-7-6-15(21)13-16(17)23-19/h4-8,13-14H,3,9-12H2,1-2H3,(H,22,27). The summed E-state index contributed by atoms with van der Waals surface area (Å²) in [5.74, 6) is 0.979. The average molecular weight is 430 g/mol. The lowest BCUT2D eigenvalue weighted by Gasteiger charge is -2.36. The van der Waals surface area contributed by atoms with Crippen molar-refractivity contribution in [1.82, 2.24) is 19.6 Å². The third-order valence-corrected chi connectivity index (χ3v) is 5.74. The number of carbonyl (C=O) groups is 1. The van der Waals surface area contributed by atoms with Gasteiger partial charge in [0.15, 0.2) is 5.82 Å². The number of rotatable bonds is 3. The van der Waals surface area contributed by atoms with Crippen LogP contribution in [0.15, 0.2) is 41.0 Å². The minimum atomic E-state index is 0.0345. The Labute approximate surface area is 167 Å². The zero-order chi connectivity index (χ0) is 19.0. The molecule has 2 amide bonds. The molecule has 27 heavy (non-hydrogen) atoms. The molecule has 0 radical (unpaired) electrons. The molecule has 3 aromatic rings. The molecular formula is C20H24BrN5O. The second-order valence-electron chi connectivity index (χ2n) is 7.06. The SMILES string of the molecule is CCC(C)NC(=O)N1CCN(c2nc3cc(Br)ccc3n3cccc23)CC1. The number of nitrogens with zero attached hydrogens (tertiary/aromatic N) is 4. The number of amides is 2. The predicted octanol–water partition coefficient (Wildman–Crippen LogP) is 3.88. The molecule has 0 spiro atoms. The molecule has 3 heterocycles. The lowest BCUT2D eigenvalue weighted by molar-refractivity contribution is 0.190. The number of hydrogen-bond donors (Lipinski definition) is 1. The quantitative estimate of drug-likeness (QED) is 0.686. The van der Waals surface area contributed by atoms with E-state index < -0.39 is 0 Å². The first-order chi connectivity index (χ1) is 13.1. The van der Waals surface area contributed by atoms with Crippen molar-refractivity contribution in [3.8, 4) is 0 Å². The maximum absolute atomic E-state index is 12.4. The predicted molar refractivity (Wildman–Crippen MR) is 112 cm³/mol. The van der Waals surface area contributed by atoms with Crippen molar-refractivity contribution in [2.75, 3.05) is 31.1 Å². The molecule has 1 saturated heterocycles. The van der Waals surface area contributed by atoms with Gasteiger partial charge in [-0.05, 0) is 43.7 Å². The van der Waals surface area contributed by atoms with Crippen molar-refractivity contribution in [1.29, 1.82) is 0 Å². The first-order valence-electron chi connectivity index (χ1n) is 9.43. The Kier molecular flexibility index (Phi) is 4.95. The Balaban J connectivity index is 1.58. The second-order valence-corrected chi connectivity index (χ2v) is 7.98. The summed E-state index contributed by atoms with van der Waals surface area (Å²) in [6.07, 6.45) is 3.01. The number of urea groups is 1. The third-order valence-electron chi connectivity index (χ3n) is 5.25. The van der Waals surface area contributed by atoms with Gasteiger partial charge in [-0.3, -0.25) is 0 Å². The fourth-order valence-electron chi connectivity index (χ4n) is 3.49. The maximum atomic E-state index is 12.4. The summed E-state index contributed by atoms with van der Waals surface area (Å²) in [7, 11) is 0. The van der Waals surface area contributed by atoms with Crippen LogP contribution in [0, 0.1) is 0 Å². The summed E-state index contributed by atoms with van der Waals surface area (Å²) in [5.41, 5.74) is 3.15. The highest BCUT2D eigenvalue weighted by Gasteiger charge is 2.24. The van der Waals surface area contributed by atoms with Crippen molar-refractivity contribution in [2.45, 2.75) is 26.3 Å². The monoisotopic (exact) mass is 429 g/mol. The van der Waals surface area contributed by atoms with E-state index in [2.05, 4.69) is 61.9 Å². The number of anilines is 1. The van der Waals surface area contributed by atoms with Crippen LogP contribution in [0.4, 0.5) is 10.6 Å². The third kappa shape index (κ3) is 3.48. The number of carbonyl (C=O) groups excluding carboxylic acids is 1. The number of hydrogen-bond acceptors (Lipinski definition) is 3.